The maximum absolute atomic E-state index is 12.3. The molecular weight excluding hydrogens is 304 g/mol. The van der Waals surface area contributed by atoms with Crippen molar-refractivity contribution in [3.05, 3.63) is 42.5 Å². The number of hydrogen-bond acceptors (Lipinski definition) is 4. The third-order valence-corrected chi connectivity index (χ3v) is 3.87. The van der Waals surface area contributed by atoms with Crippen molar-refractivity contribution in [2.45, 2.75) is 32.8 Å². The molecule has 1 aliphatic rings. The van der Waals surface area contributed by atoms with Crippen LogP contribution in [0.5, 0.6) is 5.75 Å². The molecule has 0 aromatic heterocycles. The molecule has 0 radical (unpaired) electrons. The second-order valence-electron chi connectivity index (χ2n) is 6.38. The van der Waals surface area contributed by atoms with Crippen LogP contribution in [-0.2, 0) is 9.63 Å². The van der Waals surface area contributed by atoms with Gasteiger partial charge in [-0.2, -0.15) is 0 Å². The van der Waals surface area contributed by atoms with Gasteiger partial charge in [0.15, 0.2) is 6.10 Å². The Morgan fingerprint density at radius 1 is 1.46 bits per heavy atom. The van der Waals surface area contributed by atoms with Crippen molar-refractivity contribution in [1.29, 1.82) is 0 Å². The number of carbonyl (C=O) groups is 1. The van der Waals surface area contributed by atoms with E-state index in [1.165, 1.54) is 0 Å². The fraction of sp³-hybridized carbons (Fsp3) is 0.474. The summed E-state index contributed by atoms with van der Waals surface area (Å²) >= 11 is 0. The summed E-state index contributed by atoms with van der Waals surface area (Å²) in [6, 6.07) is 7.74. The van der Waals surface area contributed by atoms with Gasteiger partial charge in [0.25, 0.3) is 0 Å². The molecule has 1 aromatic rings. The molecule has 0 spiro atoms. The normalized spacial score (nSPS) is 16.5. The molecule has 24 heavy (non-hydrogen) atoms. The van der Waals surface area contributed by atoms with Gasteiger partial charge < -0.3 is 14.5 Å². The van der Waals surface area contributed by atoms with Gasteiger partial charge in [-0.05, 0) is 35.7 Å². The molecule has 1 aliphatic heterocycles. The van der Waals surface area contributed by atoms with Crippen LogP contribution in [0, 0.1) is 5.92 Å². The van der Waals surface area contributed by atoms with Crippen molar-refractivity contribution >= 4 is 11.6 Å². The maximum Gasteiger partial charge on any atom is 0.223 e. The Labute approximate surface area is 143 Å². The van der Waals surface area contributed by atoms with Crippen LogP contribution in [0.3, 0.4) is 0 Å². The molecule has 5 nitrogen and oxygen atoms in total. The van der Waals surface area contributed by atoms with Gasteiger partial charge in [-0.15, -0.1) is 6.58 Å². The standard InChI is InChI=1S/C19H26N2O3/c1-5-10-21(19(22)11-14(2)3)13-17-12-18(20-24-17)15-6-8-16(23-4)9-7-15/h5-9,14,17H,1,10-13H2,2-4H3. The van der Waals surface area contributed by atoms with E-state index in [1.54, 1.807) is 18.1 Å². The van der Waals surface area contributed by atoms with E-state index >= 15 is 0 Å². The average molecular weight is 330 g/mol. The molecule has 1 atom stereocenters. The van der Waals surface area contributed by atoms with Crippen LogP contribution in [0.15, 0.2) is 42.1 Å². The van der Waals surface area contributed by atoms with Gasteiger partial charge >= 0.3 is 0 Å². The van der Waals surface area contributed by atoms with Crippen molar-refractivity contribution < 1.29 is 14.4 Å². The summed E-state index contributed by atoms with van der Waals surface area (Å²) < 4.78 is 5.17. The highest BCUT2D eigenvalue weighted by Gasteiger charge is 2.26. The SMILES string of the molecule is C=CCN(CC1CC(c2ccc(OC)cc2)=NO1)C(=O)CC(C)C. The van der Waals surface area contributed by atoms with Crippen LogP contribution < -0.4 is 4.74 Å². The first-order chi connectivity index (χ1) is 11.5. The Morgan fingerprint density at radius 3 is 2.75 bits per heavy atom. The summed E-state index contributed by atoms with van der Waals surface area (Å²) in [5.41, 5.74) is 1.92. The molecule has 1 unspecified atom stereocenters. The largest absolute Gasteiger partial charge is 0.497 e. The number of methoxy groups -OCH3 is 1. The Kier molecular flexibility index (Phi) is 6.41. The van der Waals surface area contributed by atoms with E-state index in [4.69, 9.17) is 9.57 Å². The highest BCUT2D eigenvalue weighted by atomic mass is 16.6. The molecule has 0 saturated heterocycles. The van der Waals surface area contributed by atoms with Crippen LogP contribution in [0.1, 0.15) is 32.3 Å². The lowest BCUT2D eigenvalue weighted by atomic mass is 10.0. The molecule has 1 amide bonds. The summed E-state index contributed by atoms with van der Waals surface area (Å²) in [7, 11) is 1.64. The van der Waals surface area contributed by atoms with Crippen molar-refractivity contribution in [3.63, 3.8) is 0 Å². The van der Waals surface area contributed by atoms with Crippen LogP contribution >= 0.6 is 0 Å². The minimum Gasteiger partial charge on any atom is -0.497 e. The van der Waals surface area contributed by atoms with Gasteiger partial charge in [-0.3, -0.25) is 4.79 Å². The monoisotopic (exact) mass is 330 g/mol. The fourth-order valence-electron chi connectivity index (χ4n) is 2.64. The molecule has 1 aromatic carbocycles. The second-order valence-corrected chi connectivity index (χ2v) is 6.38. The van der Waals surface area contributed by atoms with Crippen LogP contribution in [0.4, 0.5) is 0 Å². The zero-order chi connectivity index (χ0) is 17.5. The molecule has 0 saturated carbocycles. The average Bonchev–Trinajstić information content (AvgIpc) is 3.02. The van der Waals surface area contributed by atoms with Crippen molar-refractivity contribution in [2.75, 3.05) is 20.2 Å². The molecule has 0 N–H and O–H groups in total. The van der Waals surface area contributed by atoms with Crippen LogP contribution in [0.25, 0.3) is 0 Å². The Balaban J connectivity index is 1.94. The third-order valence-electron chi connectivity index (χ3n) is 3.87. The predicted octanol–water partition coefficient (Wildman–Crippen LogP) is 3.25. The number of rotatable bonds is 8. The van der Waals surface area contributed by atoms with E-state index in [1.807, 2.05) is 38.1 Å². The molecule has 1 heterocycles. The van der Waals surface area contributed by atoms with Gasteiger partial charge in [0.2, 0.25) is 5.91 Å². The topological polar surface area (TPSA) is 51.1 Å². The van der Waals surface area contributed by atoms with E-state index in [2.05, 4.69) is 11.7 Å². The van der Waals surface area contributed by atoms with E-state index in [-0.39, 0.29) is 12.0 Å². The van der Waals surface area contributed by atoms with E-state index in [0.29, 0.717) is 31.8 Å². The molecule has 5 heteroatoms. The maximum atomic E-state index is 12.3. The summed E-state index contributed by atoms with van der Waals surface area (Å²) in [4.78, 5) is 19.7. The van der Waals surface area contributed by atoms with Gasteiger partial charge in [-0.1, -0.05) is 25.1 Å². The fourth-order valence-corrected chi connectivity index (χ4v) is 2.64. The predicted molar refractivity (Wildman–Crippen MR) is 95.3 cm³/mol. The highest BCUT2D eigenvalue weighted by Crippen LogP contribution is 2.20. The zero-order valence-corrected chi connectivity index (χ0v) is 14.7. The lowest BCUT2D eigenvalue weighted by molar-refractivity contribution is -0.133. The van der Waals surface area contributed by atoms with Crippen LogP contribution in [0.2, 0.25) is 0 Å². The van der Waals surface area contributed by atoms with Gasteiger partial charge in [0.05, 0.1) is 19.4 Å². The number of ether oxygens (including phenoxy) is 1. The molecule has 0 aliphatic carbocycles. The van der Waals surface area contributed by atoms with Gasteiger partial charge in [0.1, 0.15) is 5.75 Å². The van der Waals surface area contributed by atoms with E-state index in [9.17, 15) is 4.79 Å². The number of amides is 1. The van der Waals surface area contributed by atoms with E-state index in [0.717, 1.165) is 17.0 Å². The van der Waals surface area contributed by atoms with Crippen molar-refractivity contribution in [2.24, 2.45) is 11.1 Å². The molecule has 0 bridgehead atoms. The first-order valence-electron chi connectivity index (χ1n) is 8.29. The lowest BCUT2D eigenvalue weighted by Gasteiger charge is -2.24. The minimum absolute atomic E-state index is 0.113. The minimum atomic E-state index is -0.113. The summed E-state index contributed by atoms with van der Waals surface area (Å²) in [6.45, 7) is 8.89. The summed E-state index contributed by atoms with van der Waals surface area (Å²) in [5.74, 6) is 1.28. The smallest absolute Gasteiger partial charge is 0.223 e. The number of hydrogen-bond donors (Lipinski definition) is 0. The highest BCUT2D eigenvalue weighted by molar-refractivity contribution is 6.01. The second kappa shape index (κ2) is 8.52. The number of nitrogens with zero attached hydrogens (tertiary/aromatic N) is 2. The lowest BCUT2D eigenvalue weighted by Crippen LogP contribution is -2.38. The number of benzene rings is 1. The zero-order valence-electron chi connectivity index (χ0n) is 14.7. The van der Waals surface area contributed by atoms with Gasteiger partial charge in [0, 0.05) is 19.4 Å². The molecule has 130 valence electrons. The third kappa shape index (κ3) is 4.85. The Bertz CT molecular complexity index is 593. The first kappa shape index (κ1) is 18.0. The van der Waals surface area contributed by atoms with Crippen LogP contribution in [-0.4, -0.2) is 42.8 Å². The summed E-state index contributed by atoms with van der Waals surface area (Å²) in [6.07, 6.45) is 2.86. The number of carbonyl (C=O) groups excluding carboxylic acids is 1. The van der Waals surface area contributed by atoms with Crippen molar-refractivity contribution in [1.82, 2.24) is 4.90 Å². The molecular formula is C19H26N2O3. The van der Waals surface area contributed by atoms with Gasteiger partial charge in [-0.25, -0.2) is 0 Å². The quantitative estimate of drug-likeness (QED) is 0.688. The Morgan fingerprint density at radius 2 is 2.17 bits per heavy atom. The van der Waals surface area contributed by atoms with E-state index < -0.39 is 0 Å². The van der Waals surface area contributed by atoms with Crippen molar-refractivity contribution in [3.8, 4) is 5.75 Å². The first-order valence-corrected chi connectivity index (χ1v) is 8.29. The number of oxime groups is 1. The molecule has 2 rings (SSSR count). The molecule has 0 fully saturated rings. The summed E-state index contributed by atoms with van der Waals surface area (Å²) in [5, 5.41) is 4.19. The Hall–Kier alpha value is -2.30.